The van der Waals surface area contributed by atoms with E-state index < -0.39 is 0 Å². The summed E-state index contributed by atoms with van der Waals surface area (Å²) in [7, 11) is 1.58. The maximum atomic E-state index is 5.95. The van der Waals surface area contributed by atoms with Crippen molar-refractivity contribution in [1.82, 2.24) is 10.4 Å². The van der Waals surface area contributed by atoms with Crippen LogP contribution in [0.4, 0.5) is 5.82 Å². The van der Waals surface area contributed by atoms with Gasteiger partial charge in [0.1, 0.15) is 11.6 Å². The van der Waals surface area contributed by atoms with Gasteiger partial charge in [-0.2, -0.15) is 0 Å². The van der Waals surface area contributed by atoms with Gasteiger partial charge in [0.25, 0.3) is 0 Å². The Hall–Kier alpha value is -1.82. The van der Waals surface area contributed by atoms with E-state index in [1.807, 2.05) is 12.1 Å². The number of nitrogens with two attached hydrogens (primary N) is 2. The van der Waals surface area contributed by atoms with E-state index in [-0.39, 0.29) is 6.04 Å². The molecule has 0 aliphatic carbocycles. The minimum absolute atomic E-state index is 0.319. The second-order valence-electron chi connectivity index (χ2n) is 3.96. The first-order valence-corrected chi connectivity index (χ1v) is 6.05. The van der Waals surface area contributed by atoms with Gasteiger partial charge < -0.3 is 10.5 Å². The van der Waals surface area contributed by atoms with Crippen LogP contribution in [0.3, 0.4) is 0 Å². The molecule has 0 saturated carbocycles. The standard InChI is InChI=1S/C13H15ClN4O/c1-19-11-7-8(14)4-5-9(11)12(18-16)10-3-2-6-17-13(10)15/h2-7,12,18H,16H2,1H3,(H2,15,17). The summed E-state index contributed by atoms with van der Waals surface area (Å²) in [6.45, 7) is 0. The molecular formula is C13H15ClN4O. The average Bonchev–Trinajstić information content (AvgIpc) is 2.43. The van der Waals surface area contributed by atoms with Crippen molar-refractivity contribution in [1.29, 1.82) is 0 Å². The number of nitrogen functional groups attached to an aromatic ring is 1. The SMILES string of the molecule is COc1cc(Cl)ccc1C(NN)c1cccnc1N. The van der Waals surface area contributed by atoms with Gasteiger partial charge in [0.2, 0.25) is 0 Å². The molecule has 1 aromatic carbocycles. The van der Waals surface area contributed by atoms with Crippen molar-refractivity contribution in [2.45, 2.75) is 6.04 Å². The van der Waals surface area contributed by atoms with Crippen LogP contribution in [0.25, 0.3) is 0 Å². The van der Waals surface area contributed by atoms with Gasteiger partial charge in [0.15, 0.2) is 0 Å². The zero-order valence-corrected chi connectivity index (χ0v) is 11.2. The monoisotopic (exact) mass is 278 g/mol. The minimum Gasteiger partial charge on any atom is -0.496 e. The van der Waals surface area contributed by atoms with E-state index in [0.717, 1.165) is 11.1 Å². The molecule has 1 heterocycles. The highest BCUT2D eigenvalue weighted by Crippen LogP contribution is 2.33. The summed E-state index contributed by atoms with van der Waals surface area (Å²) in [5.41, 5.74) is 10.2. The van der Waals surface area contributed by atoms with Crippen LogP contribution < -0.4 is 21.7 Å². The van der Waals surface area contributed by atoms with Crippen molar-refractivity contribution in [3.05, 3.63) is 52.7 Å². The highest BCUT2D eigenvalue weighted by Gasteiger charge is 2.19. The number of benzene rings is 1. The summed E-state index contributed by atoms with van der Waals surface area (Å²) in [5, 5.41) is 0.593. The summed E-state index contributed by atoms with van der Waals surface area (Å²) in [5.74, 6) is 6.70. The predicted molar refractivity (Wildman–Crippen MR) is 75.8 cm³/mol. The molecule has 0 aliphatic rings. The van der Waals surface area contributed by atoms with E-state index in [4.69, 9.17) is 27.9 Å². The Kier molecular flexibility index (Phi) is 4.21. The van der Waals surface area contributed by atoms with Gasteiger partial charge in [0.05, 0.1) is 13.2 Å². The maximum Gasteiger partial charge on any atom is 0.128 e. The lowest BCUT2D eigenvalue weighted by atomic mass is 9.99. The highest BCUT2D eigenvalue weighted by molar-refractivity contribution is 6.30. The fraction of sp³-hybridized carbons (Fsp3) is 0.154. The predicted octanol–water partition coefficient (Wildman–Crippen LogP) is 1.88. The first-order chi connectivity index (χ1) is 9.17. The third kappa shape index (κ3) is 2.78. The Morgan fingerprint density at radius 1 is 1.32 bits per heavy atom. The molecule has 0 spiro atoms. The van der Waals surface area contributed by atoms with Gasteiger partial charge in [-0.25, -0.2) is 10.4 Å². The zero-order valence-electron chi connectivity index (χ0n) is 10.4. The molecule has 5 N–H and O–H groups in total. The molecule has 0 saturated heterocycles. The zero-order chi connectivity index (χ0) is 13.8. The fourth-order valence-electron chi connectivity index (χ4n) is 1.94. The summed E-state index contributed by atoms with van der Waals surface area (Å²) >= 11 is 5.95. The average molecular weight is 279 g/mol. The lowest BCUT2D eigenvalue weighted by Gasteiger charge is -2.20. The van der Waals surface area contributed by atoms with Gasteiger partial charge in [-0.3, -0.25) is 5.84 Å². The number of halogens is 1. The number of methoxy groups -OCH3 is 1. The van der Waals surface area contributed by atoms with Gasteiger partial charge >= 0.3 is 0 Å². The van der Waals surface area contributed by atoms with Gasteiger partial charge in [-0.05, 0) is 18.2 Å². The first-order valence-electron chi connectivity index (χ1n) is 5.67. The van der Waals surface area contributed by atoms with Crippen LogP contribution in [0.1, 0.15) is 17.2 Å². The number of ether oxygens (including phenoxy) is 1. The smallest absolute Gasteiger partial charge is 0.128 e. The van der Waals surface area contributed by atoms with Gasteiger partial charge in [0, 0.05) is 22.3 Å². The Morgan fingerprint density at radius 2 is 2.11 bits per heavy atom. The Labute approximate surface area is 116 Å². The number of hydrogen-bond donors (Lipinski definition) is 3. The second kappa shape index (κ2) is 5.88. The first kappa shape index (κ1) is 13.6. The van der Waals surface area contributed by atoms with E-state index in [9.17, 15) is 0 Å². The Morgan fingerprint density at radius 3 is 2.74 bits per heavy atom. The molecular weight excluding hydrogens is 264 g/mol. The summed E-state index contributed by atoms with van der Waals surface area (Å²) < 4.78 is 5.33. The van der Waals surface area contributed by atoms with Gasteiger partial charge in [-0.1, -0.05) is 23.7 Å². The molecule has 2 aromatic rings. The quantitative estimate of drug-likeness (QED) is 0.587. The largest absolute Gasteiger partial charge is 0.496 e. The van der Waals surface area contributed by atoms with E-state index in [0.29, 0.717) is 16.6 Å². The molecule has 2 rings (SSSR count). The number of aromatic nitrogens is 1. The van der Waals surface area contributed by atoms with Crippen LogP contribution in [-0.2, 0) is 0 Å². The molecule has 0 aliphatic heterocycles. The van der Waals surface area contributed by atoms with Crippen LogP contribution >= 0.6 is 11.6 Å². The number of hydrogen-bond acceptors (Lipinski definition) is 5. The van der Waals surface area contributed by atoms with Crippen molar-refractivity contribution in [2.24, 2.45) is 5.84 Å². The maximum absolute atomic E-state index is 5.95. The number of hydrazine groups is 1. The molecule has 100 valence electrons. The summed E-state index contributed by atoms with van der Waals surface area (Å²) in [4.78, 5) is 4.06. The fourth-order valence-corrected chi connectivity index (χ4v) is 2.11. The Balaban J connectivity index is 2.51. The highest BCUT2D eigenvalue weighted by atomic mass is 35.5. The third-order valence-corrected chi connectivity index (χ3v) is 3.09. The van der Waals surface area contributed by atoms with Crippen molar-refractivity contribution < 1.29 is 4.74 Å². The molecule has 0 amide bonds. The lowest BCUT2D eigenvalue weighted by Crippen LogP contribution is -2.30. The van der Waals surface area contributed by atoms with Crippen LogP contribution in [0.5, 0.6) is 5.75 Å². The molecule has 0 fully saturated rings. The van der Waals surface area contributed by atoms with E-state index in [2.05, 4.69) is 10.4 Å². The Bertz CT molecular complexity index is 576. The van der Waals surface area contributed by atoms with E-state index in [1.165, 1.54) is 0 Å². The minimum atomic E-state index is -0.319. The van der Waals surface area contributed by atoms with Crippen LogP contribution in [0.15, 0.2) is 36.5 Å². The van der Waals surface area contributed by atoms with Crippen molar-refractivity contribution in [3.8, 4) is 5.75 Å². The normalized spacial score (nSPS) is 12.2. The van der Waals surface area contributed by atoms with Crippen LogP contribution in [-0.4, -0.2) is 12.1 Å². The van der Waals surface area contributed by atoms with Crippen molar-refractivity contribution in [3.63, 3.8) is 0 Å². The molecule has 19 heavy (non-hydrogen) atoms. The molecule has 1 unspecified atom stereocenters. The molecule has 5 nitrogen and oxygen atoms in total. The van der Waals surface area contributed by atoms with E-state index >= 15 is 0 Å². The number of nitrogens with zero attached hydrogens (tertiary/aromatic N) is 1. The number of pyridine rings is 1. The van der Waals surface area contributed by atoms with Crippen molar-refractivity contribution in [2.75, 3.05) is 12.8 Å². The number of nitrogens with one attached hydrogen (secondary N) is 1. The van der Waals surface area contributed by atoms with Crippen molar-refractivity contribution >= 4 is 17.4 Å². The van der Waals surface area contributed by atoms with Crippen LogP contribution in [0, 0.1) is 0 Å². The molecule has 6 heteroatoms. The molecule has 1 aromatic heterocycles. The molecule has 0 bridgehead atoms. The summed E-state index contributed by atoms with van der Waals surface area (Å²) in [6.07, 6.45) is 1.63. The molecule has 0 radical (unpaired) electrons. The summed E-state index contributed by atoms with van der Waals surface area (Å²) in [6, 6.07) is 8.70. The third-order valence-electron chi connectivity index (χ3n) is 2.86. The van der Waals surface area contributed by atoms with Gasteiger partial charge in [-0.15, -0.1) is 0 Å². The lowest BCUT2D eigenvalue weighted by molar-refractivity contribution is 0.404. The topological polar surface area (TPSA) is 86.2 Å². The number of anilines is 1. The molecule has 1 atom stereocenters. The number of rotatable bonds is 4. The van der Waals surface area contributed by atoms with Crippen LogP contribution in [0.2, 0.25) is 5.02 Å². The second-order valence-corrected chi connectivity index (χ2v) is 4.40. The van der Waals surface area contributed by atoms with E-state index in [1.54, 1.807) is 31.5 Å².